The first-order valence-corrected chi connectivity index (χ1v) is 8.74. The lowest BCUT2D eigenvalue weighted by Gasteiger charge is -2.24. The number of halogens is 3. The van der Waals surface area contributed by atoms with Gasteiger partial charge in [0.2, 0.25) is 0 Å². The highest BCUT2D eigenvalue weighted by Crippen LogP contribution is 2.30. The highest BCUT2D eigenvalue weighted by molar-refractivity contribution is 7.80. The molecule has 0 aliphatic rings. The number of alkyl halides is 3. The van der Waals surface area contributed by atoms with Crippen LogP contribution < -0.4 is 15.5 Å². The Kier molecular flexibility index (Phi) is 6.85. The van der Waals surface area contributed by atoms with E-state index in [0.29, 0.717) is 17.3 Å². The Morgan fingerprint density at radius 3 is 2.42 bits per heavy atom. The molecule has 0 heterocycles. The lowest BCUT2D eigenvalue weighted by Crippen LogP contribution is -2.36. The third-order valence-corrected chi connectivity index (χ3v) is 4.14. The Labute approximate surface area is 157 Å². The number of rotatable bonds is 6. The maximum Gasteiger partial charge on any atom is 0.416 e. The Morgan fingerprint density at radius 2 is 1.81 bits per heavy atom. The summed E-state index contributed by atoms with van der Waals surface area (Å²) < 4.78 is 38.2. The zero-order chi connectivity index (χ0) is 19.2. The standard InChI is InChI=1S/C19H22F3N3S/c1-3-25(17-9-7-14(2)8-10-17)12-11-23-18(26)24-16-6-4-5-15(13-16)19(20,21)22/h4-10,13H,3,11-12H2,1-2H3,(H2,23,24,26). The van der Waals surface area contributed by atoms with E-state index in [9.17, 15) is 13.2 Å². The highest BCUT2D eigenvalue weighted by Gasteiger charge is 2.30. The van der Waals surface area contributed by atoms with E-state index in [0.717, 1.165) is 30.9 Å². The normalized spacial score (nSPS) is 11.1. The third-order valence-electron chi connectivity index (χ3n) is 3.90. The Bertz CT molecular complexity index is 730. The minimum Gasteiger partial charge on any atom is -0.370 e. The maximum absolute atomic E-state index is 12.7. The van der Waals surface area contributed by atoms with Crippen LogP contribution in [0, 0.1) is 6.92 Å². The molecule has 140 valence electrons. The Morgan fingerprint density at radius 1 is 1.12 bits per heavy atom. The molecule has 0 saturated carbocycles. The summed E-state index contributed by atoms with van der Waals surface area (Å²) in [5.74, 6) is 0. The fourth-order valence-electron chi connectivity index (χ4n) is 2.48. The van der Waals surface area contributed by atoms with Crippen molar-refractivity contribution in [2.75, 3.05) is 29.9 Å². The van der Waals surface area contributed by atoms with Crippen molar-refractivity contribution in [1.82, 2.24) is 5.32 Å². The molecule has 0 bridgehead atoms. The fourth-order valence-corrected chi connectivity index (χ4v) is 2.70. The van der Waals surface area contributed by atoms with E-state index in [4.69, 9.17) is 12.2 Å². The first-order chi connectivity index (χ1) is 12.3. The summed E-state index contributed by atoms with van der Waals surface area (Å²) in [5.41, 5.74) is 1.93. The molecule has 2 N–H and O–H groups in total. The minimum absolute atomic E-state index is 0.296. The van der Waals surface area contributed by atoms with Gasteiger partial charge in [0.1, 0.15) is 0 Å². The van der Waals surface area contributed by atoms with Crippen LogP contribution in [0.15, 0.2) is 48.5 Å². The quantitative estimate of drug-likeness (QED) is 0.701. The molecule has 0 fully saturated rings. The first kappa shape index (κ1) is 20.0. The van der Waals surface area contributed by atoms with Gasteiger partial charge in [0.15, 0.2) is 5.11 Å². The van der Waals surface area contributed by atoms with Crippen molar-refractivity contribution in [2.45, 2.75) is 20.0 Å². The zero-order valence-corrected chi connectivity index (χ0v) is 15.5. The van der Waals surface area contributed by atoms with Gasteiger partial charge in [-0.2, -0.15) is 13.2 Å². The number of likely N-dealkylation sites (N-methyl/N-ethyl adjacent to an activating group) is 1. The largest absolute Gasteiger partial charge is 0.416 e. The van der Waals surface area contributed by atoms with Gasteiger partial charge in [-0.3, -0.25) is 0 Å². The van der Waals surface area contributed by atoms with Gasteiger partial charge >= 0.3 is 6.18 Å². The topological polar surface area (TPSA) is 27.3 Å². The number of hydrogen-bond acceptors (Lipinski definition) is 2. The van der Waals surface area contributed by atoms with Gasteiger partial charge in [-0.1, -0.05) is 23.8 Å². The van der Waals surface area contributed by atoms with Crippen LogP contribution in [0.2, 0.25) is 0 Å². The van der Waals surface area contributed by atoms with E-state index in [1.165, 1.54) is 11.6 Å². The summed E-state index contributed by atoms with van der Waals surface area (Å²) in [7, 11) is 0. The molecule has 26 heavy (non-hydrogen) atoms. The zero-order valence-electron chi connectivity index (χ0n) is 14.7. The van der Waals surface area contributed by atoms with Crippen molar-refractivity contribution >= 4 is 28.7 Å². The number of nitrogens with one attached hydrogen (secondary N) is 2. The molecule has 2 aromatic carbocycles. The van der Waals surface area contributed by atoms with E-state index in [1.807, 2.05) is 6.92 Å². The molecule has 0 atom stereocenters. The van der Waals surface area contributed by atoms with Crippen LogP contribution in [-0.4, -0.2) is 24.7 Å². The van der Waals surface area contributed by atoms with E-state index < -0.39 is 11.7 Å². The van der Waals surface area contributed by atoms with Crippen LogP contribution in [0.4, 0.5) is 24.5 Å². The minimum atomic E-state index is -4.37. The predicted molar refractivity (Wildman–Crippen MR) is 105 cm³/mol. The van der Waals surface area contributed by atoms with Crippen LogP contribution >= 0.6 is 12.2 Å². The number of anilines is 2. The molecule has 0 aliphatic carbocycles. The lowest BCUT2D eigenvalue weighted by atomic mass is 10.2. The number of hydrogen-bond donors (Lipinski definition) is 2. The average molecular weight is 381 g/mol. The molecule has 0 aromatic heterocycles. The van der Waals surface area contributed by atoms with Crippen LogP contribution in [0.1, 0.15) is 18.1 Å². The van der Waals surface area contributed by atoms with Crippen LogP contribution in [0.3, 0.4) is 0 Å². The molecule has 0 spiro atoms. The van der Waals surface area contributed by atoms with Crippen molar-refractivity contribution in [1.29, 1.82) is 0 Å². The fraction of sp³-hybridized carbons (Fsp3) is 0.316. The van der Waals surface area contributed by atoms with Gasteiger partial charge in [-0.25, -0.2) is 0 Å². The summed E-state index contributed by atoms with van der Waals surface area (Å²) in [4.78, 5) is 2.19. The van der Waals surface area contributed by atoms with E-state index in [1.54, 1.807) is 6.07 Å². The molecular weight excluding hydrogens is 359 g/mol. The molecule has 0 radical (unpaired) electrons. The molecule has 2 aromatic rings. The lowest BCUT2D eigenvalue weighted by molar-refractivity contribution is -0.137. The number of nitrogens with zero attached hydrogens (tertiary/aromatic N) is 1. The van der Waals surface area contributed by atoms with Gasteiger partial charge < -0.3 is 15.5 Å². The molecule has 0 amide bonds. The van der Waals surface area contributed by atoms with Crippen molar-refractivity contribution in [2.24, 2.45) is 0 Å². The van der Waals surface area contributed by atoms with Crippen LogP contribution in [0.25, 0.3) is 0 Å². The van der Waals surface area contributed by atoms with Gasteiger partial charge in [0.25, 0.3) is 0 Å². The second-order valence-corrected chi connectivity index (χ2v) is 6.28. The molecular formula is C19H22F3N3S. The molecule has 0 saturated heterocycles. The van der Waals surface area contributed by atoms with Gasteiger partial charge in [0, 0.05) is 31.0 Å². The van der Waals surface area contributed by atoms with Crippen molar-refractivity contribution in [3.8, 4) is 0 Å². The smallest absolute Gasteiger partial charge is 0.370 e. The molecule has 3 nitrogen and oxygen atoms in total. The van der Waals surface area contributed by atoms with Crippen molar-refractivity contribution in [3.05, 3.63) is 59.7 Å². The summed E-state index contributed by atoms with van der Waals surface area (Å²) in [5, 5.41) is 6.12. The van der Waals surface area contributed by atoms with Crippen LogP contribution in [0.5, 0.6) is 0 Å². The number of benzene rings is 2. The summed E-state index contributed by atoms with van der Waals surface area (Å²) >= 11 is 5.17. The molecule has 7 heteroatoms. The monoisotopic (exact) mass is 381 g/mol. The van der Waals surface area contributed by atoms with E-state index in [-0.39, 0.29) is 0 Å². The summed E-state index contributed by atoms with van der Waals surface area (Å²) in [6.07, 6.45) is -4.37. The molecule has 0 unspecified atom stereocenters. The van der Waals surface area contributed by atoms with Gasteiger partial charge in [-0.05, 0) is 56.4 Å². The second-order valence-electron chi connectivity index (χ2n) is 5.87. The van der Waals surface area contributed by atoms with E-state index >= 15 is 0 Å². The highest BCUT2D eigenvalue weighted by atomic mass is 32.1. The predicted octanol–water partition coefficient (Wildman–Crippen LogP) is 4.83. The van der Waals surface area contributed by atoms with Gasteiger partial charge in [0.05, 0.1) is 5.56 Å². The average Bonchev–Trinajstić information content (AvgIpc) is 2.59. The maximum atomic E-state index is 12.7. The first-order valence-electron chi connectivity index (χ1n) is 8.33. The summed E-state index contributed by atoms with van der Waals surface area (Å²) in [6.45, 7) is 6.26. The third kappa shape index (κ3) is 5.91. The number of aryl methyl sites for hydroxylation is 1. The van der Waals surface area contributed by atoms with Gasteiger partial charge in [-0.15, -0.1) is 0 Å². The van der Waals surface area contributed by atoms with Crippen molar-refractivity contribution in [3.63, 3.8) is 0 Å². The molecule has 2 rings (SSSR count). The SMILES string of the molecule is CCN(CCNC(=S)Nc1cccc(C(F)(F)F)c1)c1ccc(C)cc1. The Hall–Kier alpha value is -2.28. The Balaban J connectivity index is 1.86. The number of thiocarbonyl (C=S) groups is 1. The second kappa shape index (κ2) is 8.89. The van der Waals surface area contributed by atoms with Crippen molar-refractivity contribution < 1.29 is 13.2 Å². The van der Waals surface area contributed by atoms with Crippen LogP contribution in [-0.2, 0) is 6.18 Å². The van der Waals surface area contributed by atoms with E-state index in [2.05, 4.69) is 46.7 Å². The molecule has 0 aliphatic heterocycles. The summed E-state index contributed by atoms with van der Waals surface area (Å²) in [6, 6.07) is 13.2.